The van der Waals surface area contributed by atoms with Gasteiger partial charge in [-0.3, -0.25) is 4.99 Å². The number of halogens is 1. The quantitative estimate of drug-likeness (QED) is 0.301. The summed E-state index contributed by atoms with van der Waals surface area (Å²) in [5.41, 5.74) is 0. The van der Waals surface area contributed by atoms with Crippen molar-refractivity contribution < 1.29 is 4.74 Å². The number of likely N-dealkylation sites (tertiary alicyclic amines) is 1. The molecule has 1 unspecified atom stereocenters. The van der Waals surface area contributed by atoms with Crippen molar-refractivity contribution in [1.29, 1.82) is 0 Å². The van der Waals surface area contributed by atoms with Gasteiger partial charge >= 0.3 is 0 Å². The fraction of sp³-hybridized carbons (Fsp3) is 0.923. The number of ether oxygens (including phenoxy) is 1. The highest BCUT2D eigenvalue weighted by molar-refractivity contribution is 14.0. The van der Waals surface area contributed by atoms with E-state index in [0.29, 0.717) is 6.04 Å². The number of likely N-dealkylation sites (N-methyl/N-ethyl adjacent to an activating group) is 1. The van der Waals surface area contributed by atoms with Crippen molar-refractivity contribution in [1.82, 2.24) is 15.5 Å². The zero-order valence-electron chi connectivity index (χ0n) is 12.4. The van der Waals surface area contributed by atoms with Crippen LogP contribution >= 0.6 is 24.0 Å². The molecule has 0 aromatic carbocycles. The van der Waals surface area contributed by atoms with E-state index < -0.39 is 0 Å². The fourth-order valence-corrected chi connectivity index (χ4v) is 2.20. The van der Waals surface area contributed by atoms with Crippen LogP contribution in [0, 0.1) is 0 Å². The monoisotopic (exact) mass is 384 g/mol. The average Bonchev–Trinajstić information content (AvgIpc) is 2.78. The Morgan fingerprint density at radius 2 is 2.21 bits per heavy atom. The second-order valence-corrected chi connectivity index (χ2v) is 4.71. The smallest absolute Gasteiger partial charge is 0.191 e. The van der Waals surface area contributed by atoms with Crippen LogP contribution in [0.4, 0.5) is 0 Å². The van der Waals surface area contributed by atoms with E-state index in [0.717, 1.165) is 38.7 Å². The van der Waals surface area contributed by atoms with Gasteiger partial charge in [-0.15, -0.1) is 24.0 Å². The molecule has 0 aliphatic carbocycles. The zero-order valence-corrected chi connectivity index (χ0v) is 14.8. The molecule has 0 aromatic heterocycles. The molecule has 1 atom stereocenters. The van der Waals surface area contributed by atoms with Crippen molar-refractivity contribution in [2.45, 2.75) is 32.2 Å². The SMILES string of the molecule is CCOCCCNC(=NC)NCC1CCCN1C.I. The minimum absolute atomic E-state index is 0. The maximum atomic E-state index is 5.30. The summed E-state index contributed by atoms with van der Waals surface area (Å²) in [5.74, 6) is 0.895. The minimum Gasteiger partial charge on any atom is -0.382 e. The van der Waals surface area contributed by atoms with Crippen molar-refractivity contribution in [2.75, 3.05) is 46.9 Å². The third kappa shape index (κ3) is 7.94. The van der Waals surface area contributed by atoms with Gasteiger partial charge in [0.15, 0.2) is 5.96 Å². The van der Waals surface area contributed by atoms with Gasteiger partial charge in [-0.2, -0.15) is 0 Å². The van der Waals surface area contributed by atoms with Crippen molar-refractivity contribution in [2.24, 2.45) is 4.99 Å². The summed E-state index contributed by atoms with van der Waals surface area (Å²) in [6, 6.07) is 0.645. The van der Waals surface area contributed by atoms with E-state index in [-0.39, 0.29) is 24.0 Å². The van der Waals surface area contributed by atoms with Crippen molar-refractivity contribution >= 4 is 29.9 Å². The third-order valence-corrected chi connectivity index (χ3v) is 3.36. The van der Waals surface area contributed by atoms with Gasteiger partial charge in [-0.25, -0.2) is 0 Å². The lowest BCUT2D eigenvalue weighted by Gasteiger charge is -2.21. The molecule has 1 fully saturated rings. The number of guanidine groups is 1. The van der Waals surface area contributed by atoms with Gasteiger partial charge in [-0.05, 0) is 39.8 Å². The Morgan fingerprint density at radius 1 is 1.42 bits per heavy atom. The Hall–Kier alpha value is -0.0800. The molecule has 2 N–H and O–H groups in total. The van der Waals surface area contributed by atoms with E-state index in [4.69, 9.17) is 4.74 Å². The number of nitrogens with one attached hydrogen (secondary N) is 2. The van der Waals surface area contributed by atoms with Crippen LogP contribution < -0.4 is 10.6 Å². The maximum absolute atomic E-state index is 5.30. The van der Waals surface area contributed by atoms with E-state index in [1.807, 2.05) is 14.0 Å². The summed E-state index contributed by atoms with van der Waals surface area (Å²) in [4.78, 5) is 6.64. The summed E-state index contributed by atoms with van der Waals surface area (Å²) in [7, 11) is 4.01. The lowest BCUT2D eigenvalue weighted by Crippen LogP contribution is -2.44. The third-order valence-electron chi connectivity index (χ3n) is 3.36. The van der Waals surface area contributed by atoms with Gasteiger partial charge in [0.1, 0.15) is 0 Å². The number of hydrogen-bond acceptors (Lipinski definition) is 3. The summed E-state index contributed by atoms with van der Waals surface area (Å²) >= 11 is 0. The fourth-order valence-electron chi connectivity index (χ4n) is 2.20. The summed E-state index contributed by atoms with van der Waals surface area (Å²) in [6.07, 6.45) is 3.60. The second-order valence-electron chi connectivity index (χ2n) is 4.71. The largest absolute Gasteiger partial charge is 0.382 e. The molecule has 0 amide bonds. The second kappa shape index (κ2) is 11.7. The number of aliphatic imine (C=N–C) groups is 1. The van der Waals surface area contributed by atoms with Gasteiger partial charge < -0.3 is 20.3 Å². The zero-order chi connectivity index (χ0) is 13.2. The molecule has 1 aliphatic rings. The van der Waals surface area contributed by atoms with E-state index in [9.17, 15) is 0 Å². The molecule has 6 heteroatoms. The Morgan fingerprint density at radius 3 is 2.79 bits per heavy atom. The van der Waals surface area contributed by atoms with Crippen LogP contribution in [0.2, 0.25) is 0 Å². The van der Waals surface area contributed by atoms with Crippen LogP contribution in [0.25, 0.3) is 0 Å². The lowest BCUT2D eigenvalue weighted by atomic mass is 10.2. The molecular formula is C13H29IN4O. The van der Waals surface area contributed by atoms with Crippen molar-refractivity contribution in [3.8, 4) is 0 Å². The van der Waals surface area contributed by atoms with Gasteiger partial charge in [-0.1, -0.05) is 0 Å². The predicted molar refractivity (Wildman–Crippen MR) is 91.5 cm³/mol. The van der Waals surface area contributed by atoms with E-state index in [1.165, 1.54) is 19.4 Å². The van der Waals surface area contributed by atoms with Crippen molar-refractivity contribution in [3.05, 3.63) is 0 Å². The highest BCUT2D eigenvalue weighted by atomic mass is 127. The normalized spacial score (nSPS) is 20.2. The molecular weight excluding hydrogens is 355 g/mol. The van der Waals surface area contributed by atoms with Crippen LogP contribution in [0.1, 0.15) is 26.2 Å². The maximum Gasteiger partial charge on any atom is 0.191 e. The molecule has 114 valence electrons. The van der Waals surface area contributed by atoms with Gasteiger partial charge in [0.2, 0.25) is 0 Å². The Labute approximate surface area is 134 Å². The first-order valence-electron chi connectivity index (χ1n) is 7.00. The standard InChI is InChI=1S/C13H28N4O.HI/c1-4-18-10-6-8-15-13(14-2)16-11-12-7-5-9-17(12)3;/h12H,4-11H2,1-3H3,(H2,14,15,16);1H. The summed E-state index contributed by atoms with van der Waals surface area (Å²) < 4.78 is 5.30. The van der Waals surface area contributed by atoms with Crippen LogP contribution in [-0.4, -0.2) is 63.8 Å². The van der Waals surface area contributed by atoms with E-state index >= 15 is 0 Å². The highest BCUT2D eigenvalue weighted by Crippen LogP contribution is 2.13. The first-order valence-corrected chi connectivity index (χ1v) is 7.00. The molecule has 0 saturated carbocycles. The van der Waals surface area contributed by atoms with Crippen LogP contribution in [0.3, 0.4) is 0 Å². The molecule has 19 heavy (non-hydrogen) atoms. The molecule has 1 rings (SSSR count). The lowest BCUT2D eigenvalue weighted by molar-refractivity contribution is 0.145. The molecule has 0 bridgehead atoms. The van der Waals surface area contributed by atoms with Gasteiger partial charge in [0.05, 0.1) is 0 Å². The number of hydrogen-bond donors (Lipinski definition) is 2. The highest BCUT2D eigenvalue weighted by Gasteiger charge is 2.20. The number of rotatable bonds is 7. The molecule has 5 nitrogen and oxygen atoms in total. The Bertz CT molecular complexity index is 251. The molecule has 1 saturated heterocycles. The van der Waals surface area contributed by atoms with Crippen LogP contribution in [-0.2, 0) is 4.74 Å². The van der Waals surface area contributed by atoms with E-state index in [1.54, 1.807) is 0 Å². The van der Waals surface area contributed by atoms with Gasteiger partial charge in [0, 0.05) is 39.4 Å². The molecule has 1 aliphatic heterocycles. The molecule has 0 spiro atoms. The summed E-state index contributed by atoms with van der Waals surface area (Å²) in [5, 5.41) is 6.70. The predicted octanol–water partition coefficient (Wildman–Crippen LogP) is 1.29. The number of nitrogens with zero attached hydrogens (tertiary/aromatic N) is 2. The Balaban J connectivity index is 0.00000324. The van der Waals surface area contributed by atoms with Crippen LogP contribution in [0.15, 0.2) is 4.99 Å². The van der Waals surface area contributed by atoms with Gasteiger partial charge in [0.25, 0.3) is 0 Å². The molecule has 1 heterocycles. The summed E-state index contributed by atoms with van der Waals surface area (Å²) in [6.45, 7) is 6.72. The molecule has 0 radical (unpaired) electrons. The van der Waals surface area contributed by atoms with E-state index in [2.05, 4.69) is 27.6 Å². The van der Waals surface area contributed by atoms with Crippen molar-refractivity contribution in [3.63, 3.8) is 0 Å². The first-order chi connectivity index (χ1) is 8.77. The average molecular weight is 384 g/mol. The Kier molecular flexibility index (Phi) is 11.7. The molecule has 0 aromatic rings. The van der Waals surface area contributed by atoms with Crippen LogP contribution in [0.5, 0.6) is 0 Å². The minimum atomic E-state index is 0. The topological polar surface area (TPSA) is 48.9 Å². The first kappa shape index (κ1) is 18.9.